The monoisotopic (exact) mass is 414 g/mol. The molecule has 8 atom stereocenters. The highest BCUT2D eigenvalue weighted by molar-refractivity contribution is 5.73. The van der Waals surface area contributed by atoms with Gasteiger partial charge < -0.3 is 24.1 Å². The molecule has 0 radical (unpaired) electrons. The predicted octanol–water partition coefficient (Wildman–Crippen LogP) is 3.01. The van der Waals surface area contributed by atoms with Gasteiger partial charge in [0, 0.05) is 6.42 Å². The molecule has 2 saturated heterocycles. The van der Waals surface area contributed by atoms with Crippen molar-refractivity contribution in [2.45, 2.75) is 109 Å². The smallest absolute Gasteiger partial charge is 0.311 e. The third-order valence-electron chi connectivity index (χ3n) is 6.26. The summed E-state index contributed by atoms with van der Waals surface area (Å²) in [6.07, 6.45) is 4.35. The second-order valence-electron chi connectivity index (χ2n) is 8.63. The molecule has 2 heterocycles. The molecule has 0 spiro atoms. The summed E-state index contributed by atoms with van der Waals surface area (Å²) in [6, 6.07) is 0. The largest absolute Gasteiger partial charge is 0.469 e. The Morgan fingerprint density at radius 1 is 0.931 bits per heavy atom. The van der Waals surface area contributed by atoms with Gasteiger partial charge in [-0.05, 0) is 59.3 Å². The van der Waals surface area contributed by atoms with Crippen LogP contribution in [0.5, 0.6) is 0 Å². The highest BCUT2D eigenvalue weighted by Crippen LogP contribution is 2.31. The highest BCUT2D eigenvalue weighted by Gasteiger charge is 2.37. The third-order valence-corrected chi connectivity index (χ3v) is 6.26. The summed E-state index contributed by atoms with van der Waals surface area (Å²) in [6.45, 7) is 7.49. The quantitative estimate of drug-likeness (QED) is 0.550. The Labute approximate surface area is 174 Å². The first-order valence-corrected chi connectivity index (χ1v) is 11.0. The van der Waals surface area contributed by atoms with Gasteiger partial charge in [-0.2, -0.15) is 0 Å². The second-order valence-corrected chi connectivity index (χ2v) is 8.63. The van der Waals surface area contributed by atoms with Gasteiger partial charge in [-0.3, -0.25) is 9.59 Å². The lowest BCUT2D eigenvalue weighted by Crippen LogP contribution is -2.32. The van der Waals surface area contributed by atoms with Crippen LogP contribution in [0, 0.1) is 11.8 Å². The topological polar surface area (TPSA) is 91.3 Å². The first kappa shape index (κ1) is 24.1. The van der Waals surface area contributed by atoms with E-state index in [9.17, 15) is 14.7 Å². The van der Waals surface area contributed by atoms with Crippen LogP contribution >= 0.6 is 0 Å². The Bertz CT molecular complexity index is 537. The van der Waals surface area contributed by atoms with E-state index in [2.05, 4.69) is 0 Å². The molecule has 0 unspecified atom stereocenters. The summed E-state index contributed by atoms with van der Waals surface area (Å²) in [5.74, 6) is -1.14. The number of esters is 2. The standard InChI is InChI=1S/C22H38O7/c1-6-16(23)12-18-8-10-20(29-18)15(4)22(25)27-13(2)11-17-7-9-19(28-17)14(3)21(24)26-5/h13-20,23H,6-12H2,1-5H3/t13-,14+,15-,16+,17-,18+,19+,20-/m0/s1. The number of carbonyl (C=O) groups excluding carboxylic acids is 2. The molecule has 7 heteroatoms. The minimum absolute atomic E-state index is 0.0169. The van der Waals surface area contributed by atoms with Crippen LogP contribution in [-0.4, -0.2) is 60.8 Å². The normalized spacial score (nSPS) is 31.1. The predicted molar refractivity (Wildman–Crippen MR) is 107 cm³/mol. The molecule has 1 N–H and O–H groups in total. The number of hydrogen-bond acceptors (Lipinski definition) is 7. The van der Waals surface area contributed by atoms with E-state index >= 15 is 0 Å². The summed E-state index contributed by atoms with van der Waals surface area (Å²) in [7, 11) is 1.39. The molecule has 0 aliphatic carbocycles. The van der Waals surface area contributed by atoms with E-state index in [0.29, 0.717) is 19.3 Å². The molecule has 7 nitrogen and oxygen atoms in total. The Balaban J connectivity index is 1.73. The van der Waals surface area contributed by atoms with Crippen molar-refractivity contribution in [2.75, 3.05) is 7.11 Å². The van der Waals surface area contributed by atoms with Crippen LogP contribution in [0.1, 0.15) is 72.6 Å². The van der Waals surface area contributed by atoms with Crippen molar-refractivity contribution in [1.82, 2.24) is 0 Å². The summed E-state index contributed by atoms with van der Waals surface area (Å²) in [5.41, 5.74) is 0. The molecule has 2 fully saturated rings. The first-order chi connectivity index (χ1) is 13.7. The summed E-state index contributed by atoms with van der Waals surface area (Å²) >= 11 is 0. The molecule has 0 aromatic carbocycles. The maximum absolute atomic E-state index is 12.5. The fourth-order valence-electron chi connectivity index (χ4n) is 4.23. The van der Waals surface area contributed by atoms with E-state index in [-0.39, 0.29) is 60.4 Å². The number of ether oxygens (including phenoxy) is 4. The minimum Gasteiger partial charge on any atom is -0.469 e. The average molecular weight is 415 g/mol. The first-order valence-electron chi connectivity index (χ1n) is 11.0. The molecule has 0 bridgehead atoms. The van der Waals surface area contributed by atoms with Crippen molar-refractivity contribution < 1.29 is 33.6 Å². The summed E-state index contributed by atoms with van der Waals surface area (Å²) in [4.78, 5) is 24.2. The van der Waals surface area contributed by atoms with E-state index in [0.717, 1.165) is 25.7 Å². The number of hydrogen-bond donors (Lipinski definition) is 1. The molecule has 0 saturated carbocycles. The molecule has 2 aliphatic rings. The zero-order valence-electron chi connectivity index (χ0n) is 18.5. The van der Waals surface area contributed by atoms with Gasteiger partial charge in [-0.25, -0.2) is 0 Å². The molecule has 2 aliphatic heterocycles. The van der Waals surface area contributed by atoms with E-state index in [1.54, 1.807) is 0 Å². The van der Waals surface area contributed by atoms with E-state index in [1.165, 1.54) is 7.11 Å². The Kier molecular flexibility index (Phi) is 9.37. The van der Waals surface area contributed by atoms with Crippen molar-refractivity contribution >= 4 is 11.9 Å². The SMILES string of the molecule is CC[C@@H](O)C[C@H]1CC[C@@H]([C@H](C)C(=O)O[C@@H](C)C[C@@H]2CC[C@H]([C@@H](C)C(=O)OC)O2)O1. The fourth-order valence-corrected chi connectivity index (χ4v) is 4.23. The second kappa shape index (κ2) is 11.3. The van der Waals surface area contributed by atoms with E-state index in [4.69, 9.17) is 18.9 Å². The maximum Gasteiger partial charge on any atom is 0.311 e. The minimum atomic E-state index is -0.349. The number of aliphatic hydroxyl groups excluding tert-OH is 1. The lowest BCUT2D eigenvalue weighted by molar-refractivity contribution is -0.159. The molecule has 0 aromatic rings. The summed E-state index contributed by atoms with van der Waals surface area (Å²) < 4.78 is 22.4. The van der Waals surface area contributed by atoms with Gasteiger partial charge in [-0.1, -0.05) is 6.92 Å². The number of rotatable bonds is 10. The van der Waals surface area contributed by atoms with Crippen LogP contribution in [0.4, 0.5) is 0 Å². The average Bonchev–Trinajstić information content (AvgIpc) is 3.35. The maximum atomic E-state index is 12.5. The van der Waals surface area contributed by atoms with Gasteiger partial charge in [0.05, 0.1) is 49.5 Å². The van der Waals surface area contributed by atoms with Gasteiger partial charge in [0.1, 0.15) is 6.10 Å². The fraction of sp³-hybridized carbons (Fsp3) is 0.909. The van der Waals surface area contributed by atoms with Gasteiger partial charge in [0.2, 0.25) is 0 Å². The Hall–Kier alpha value is -1.18. The van der Waals surface area contributed by atoms with Crippen LogP contribution in [-0.2, 0) is 28.5 Å². The lowest BCUT2D eigenvalue weighted by Gasteiger charge is -2.24. The van der Waals surface area contributed by atoms with Gasteiger partial charge in [0.25, 0.3) is 0 Å². The molecule has 2 rings (SSSR count). The zero-order valence-corrected chi connectivity index (χ0v) is 18.5. The van der Waals surface area contributed by atoms with E-state index < -0.39 is 0 Å². The lowest BCUT2D eigenvalue weighted by atomic mass is 10.0. The number of methoxy groups -OCH3 is 1. The van der Waals surface area contributed by atoms with Gasteiger partial charge in [-0.15, -0.1) is 0 Å². The van der Waals surface area contributed by atoms with Crippen LogP contribution in [0.2, 0.25) is 0 Å². The highest BCUT2D eigenvalue weighted by atomic mass is 16.6. The number of carbonyl (C=O) groups is 2. The van der Waals surface area contributed by atoms with Crippen molar-refractivity contribution in [2.24, 2.45) is 11.8 Å². The van der Waals surface area contributed by atoms with Crippen molar-refractivity contribution in [3.8, 4) is 0 Å². The van der Waals surface area contributed by atoms with Crippen LogP contribution in [0.25, 0.3) is 0 Å². The van der Waals surface area contributed by atoms with Gasteiger partial charge >= 0.3 is 11.9 Å². The van der Waals surface area contributed by atoms with Crippen molar-refractivity contribution in [3.63, 3.8) is 0 Å². The molecular weight excluding hydrogens is 376 g/mol. The van der Waals surface area contributed by atoms with Crippen molar-refractivity contribution in [1.29, 1.82) is 0 Å². The summed E-state index contributed by atoms with van der Waals surface area (Å²) in [5, 5.41) is 9.80. The Morgan fingerprint density at radius 2 is 1.45 bits per heavy atom. The van der Waals surface area contributed by atoms with Crippen LogP contribution in [0.3, 0.4) is 0 Å². The van der Waals surface area contributed by atoms with Crippen LogP contribution in [0.15, 0.2) is 0 Å². The van der Waals surface area contributed by atoms with E-state index in [1.807, 2.05) is 27.7 Å². The molecule has 29 heavy (non-hydrogen) atoms. The molecule has 0 amide bonds. The van der Waals surface area contributed by atoms with Crippen molar-refractivity contribution in [3.05, 3.63) is 0 Å². The molecule has 168 valence electrons. The number of aliphatic hydroxyl groups is 1. The van der Waals surface area contributed by atoms with Crippen LogP contribution < -0.4 is 0 Å². The molecule has 0 aromatic heterocycles. The zero-order chi connectivity index (χ0) is 21.6. The van der Waals surface area contributed by atoms with Gasteiger partial charge in [0.15, 0.2) is 0 Å². The Morgan fingerprint density at radius 3 is 1.97 bits per heavy atom. The third kappa shape index (κ3) is 6.93. The molecular formula is C22H38O7.